The van der Waals surface area contributed by atoms with Gasteiger partial charge in [0.15, 0.2) is 0 Å². The first-order chi connectivity index (χ1) is 8.15. The molecule has 0 spiro atoms. The molecule has 0 saturated carbocycles. The van der Waals surface area contributed by atoms with Crippen LogP contribution in [0.5, 0.6) is 0 Å². The predicted molar refractivity (Wildman–Crippen MR) is 71.3 cm³/mol. The third kappa shape index (κ3) is 1.94. The van der Waals surface area contributed by atoms with Crippen LogP contribution < -0.4 is 5.73 Å². The third-order valence-electron chi connectivity index (χ3n) is 3.24. The largest absolute Gasteiger partial charge is 0.387 e. The van der Waals surface area contributed by atoms with E-state index in [-0.39, 0.29) is 5.84 Å². The fourth-order valence-electron chi connectivity index (χ4n) is 2.02. The molecule has 0 aromatic heterocycles. The molecule has 86 valence electrons. The van der Waals surface area contributed by atoms with E-state index in [9.17, 15) is 0 Å². The first-order valence-electron chi connectivity index (χ1n) is 5.61. The van der Waals surface area contributed by atoms with Crippen molar-refractivity contribution in [3.63, 3.8) is 0 Å². The Morgan fingerprint density at radius 1 is 0.882 bits per heavy atom. The van der Waals surface area contributed by atoms with Gasteiger partial charge in [-0.3, -0.25) is 5.41 Å². The minimum Gasteiger partial charge on any atom is -0.387 e. The Balaban J connectivity index is 2.59. The van der Waals surface area contributed by atoms with Gasteiger partial charge in [-0.2, -0.15) is 0 Å². The molecule has 0 saturated heterocycles. The van der Waals surface area contributed by atoms with Crippen molar-refractivity contribution in [3.8, 4) is 0 Å². The molecule has 2 heteroatoms. The SMILES string of the molecule is CC(C(=N)N)(c1ccccc1)c1ccccc1. The quantitative estimate of drug-likeness (QED) is 0.611. The Kier molecular flexibility index (Phi) is 2.96. The lowest BCUT2D eigenvalue weighted by Gasteiger charge is -2.29. The van der Waals surface area contributed by atoms with Gasteiger partial charge in [0.2, 0.25) is 0 Å². The van der Waals surface area contributed by atoms with Crippen molar-refractivity contribution >= 4 is 5.84 Å². The second kappa shape index (κ2) is 4.42. The van der Waals surface area contributed by atoms with Crippen LogP contribution in [0.2, 0.25) is 0 Å². The summed E-state index contributed by atoms with van der Waals surface area (Å²) in [6.07, 6.45) is 0. The minimum absolute atomic E-state index is 0.162. The summed E-state index contributed by atoms with van der Waals surface area (Å²) in [6, 6.07) is 19.9. The van der Waals surface area contributed by atoms with Gasteiger partial charge in [0, 0.05) is 0 Å². The Bertz CT molecular complexity index is 463. The lowest BCUT2D eigenvalue weighted by atomic mass is 9.75. The zero-order valence-corrected chi connectivity index (χ0v) is 9.85. The minimum atomic E-state index is -0.553. The molecule has 2 rings (SSSR count). The molecule has 0 bridgehead atoms. The number of nitrogens with one attached hydrogen (secondary N) is 1. The van der Waals surface area contributed by atoms with Crippen molar-refractivity contribution in [2.45, 2.75) is 12.3 Å². The van der Waals surface area contributed by atoms with Crippen LogP contribution in [0.25, 0.3) is 0 Å². The normalized spacial score (nSPS) is 11.1. The van der Waals surface area contributed by atoms with E-state index < -0.39 is 5.41 Å². The van der Waals surface area contributed by atoms with E-state index in [1.165, 1.54) is 0 Å². The highest BCUT2D eigenvalue weighted by molar-refractivity contribution is 5.92. The summed E-state index contributed by atoms with van der Waals surface area (Å²) in [4.78, 5) is 0. The third-order valence-corrected chi connectivity index (χ3v) is 3.24. The van der Waals surface area contributed by atoms with Crippen LogP contribution in [-0.4, -0.2) is 5.84 Å². The molecule has 2 nitrogen and oxygen atoms in total. The predicted octanol–water partition coefficient (Wildman–Crippen LogP) is 2.93. The fourth-order valence-corrected chi connectivity index (χ4v) is 2.02. The van der Waals surface area contributed by atoms with Gasteiger partial charge >= 0.3 is 0 Å². The standard InChI is InChI=1S/C15H16N2/c1-15(14(16)17,12-8-4-2-5-9-12)13-10-6-3-7-11-13/h2-11H,1H3,(H3,16,17). The first-order valence-corrected chi connectivity index (χ1v) is 5.61. The van der Waals surface area contributed by atoms with Crippen molar-refractivity contribution in [2.75, 3.05) is 0 Å². The van der Waals surface area contributed by atoms with E-state index in [0.29, 0.717) is 0 Å². The monoisotopic (exact) mass is 224 g/mol. The van der Waals surface area contributed by atoms with E-state index >= 15 is 0 Å². The fraction of sp³-hybridized carbons (Fsp3) is 0.133. The molecule has 0 unspecified atom stereocenters. The maximum Gasteiger partial charge on any atom is 0.106 e. The number of hydrogen-bond acceptors (Lipinski definition) is 1. The number of benzene rings is 2. The van der Waals surface area contributed by atoms with Crippen LogP contribution in [0.3, 0.4) is 0 Å². The molecular weight excluding hydrogens is 208 g/mol. The molecule has 0 atom stereocenters. The maximum atomic E-state index is 7.90. The Morgan fingerprint density at radius 2 is 1.24 bits per heavy atom. The molecule has 2 aromatic rings. The molecule has 0 heterocycles. The van der Waals surface area contributed by atoms with Crippen LogP contribution in [-0.2, 0) is 5.41 Å². The summed E-state index contributed by atoms with van der Waals surface area (Å²) < 4.78 is 0. The molecule has 0 radical (unpaired) electrons. The van der Waals surface area contributed by atoms with Gasteiger partial charge in [0.25, 0.3) is 0 Å². The van der Waals surface area contributed by atoms with E-state index in [1.807, 2.05) is 67.6 Å². The summed E-state index contributed by atoms with van der Waals surface area (Å²) in [6.45, 7) is 1.99. The van der Waals surface area contributed by atoms with Crippen molar-refractivity contribution in [2.24, 2.45) is 5.73 Å². The highest BCUT2D eigenvalue weighted by Gasteiger charge is 2.31. The number of amidine groups is 1. The van der Waals surface area contributed by atoms with Gasteiger partial charge in [-0.15, -0.1) is 0 Å². The highest BCUT2D eigenvalue weighted by Crippen LogP contribution is 2.31. The molecule has 2 aromatic carbocycles. The van der Waals surface area contributed by atoms with Gasteiger partial charge in [-0.25, -0.2) is 0 Å². The smallest absolute Gasteiger partial charge is 0.106 e. The van der Waals surface area contributed by atoms with Gasteiger partial charge in [-0.05, 0) is 18.1 Å². The van der Waals surface area contributed by atoms with Gasteiger partial charge < -0.3 is 5.73 Å². The maximum absolute atomic E-state index is 7.90. The van der Waals surface area contributed by atoms with Gasteiger partial charge in [0.1, 0.15) is 5.84 Å². The van der Waals surface area contributed by atoms with Gasteiger partial charge in [0.05, 0.1) is 5.41 Å². The van der Waals surface area contributed by atoms with Crippen LogP contribution in [0.4, 0.5) is 0 Å². The number of nitrogens with two attached hydrogens (primary N) is 1. The van der Waals surface area contributed by atoms with Crippen LogP contribution in [0.1, 0.15) is 18.1 Å². The summed E-state index contributed by atoms with van der Waals surface area (Å²) in [5, 5.41) is 7.90. The Morgan fingerprint density at radius 3 is 1.53 bits per heavy atom. The molecule has 0 aliphatic rings. The molecule has 0 amide bonds. The average Bonchev–Trinajstić information content (AvgIpc) is 2.39. The van der Waals surface area contributed by atoms with Crippen molar-refractivity contribution < 1.29 is 0 Å². The second-order valence-electron chi connectivity index (χ2n) is 4.27. The van der Waals surface area contributed by atoms with Gasteiger partial charge in [-0.1, -0.05) is 60.7 Å². The molecule has 3 N–H and O–H groups in total. The Labute approximate surface area is 102 Å². The lowest BCUT2D eigenvalue weighted by Crippen LogP contribution is -2.38. The second-order valence-corrected chi connectivity index (χ2v) is 4.27. The van der Waals surface area contributed by atoms with E-state index in [2.05, 4.69) is 0 Å². The molecule has 0 aliphatic carbocycles. The molecule has 17 heavy (non-hydrogen) atoms. The van der Waals surface area contributed by atoms with Crippen molar-refractivity contribution in [1.82, 2.24) is 0 Å². The highest BCUT2D eigenvalue weighted by atomic mass is 14.7. The van der Waals surface area contributed by atoms with Crippen LogP contribution >= 0.6 is 0 Å². The number of hydrogen-bond donors (Lipinski definition) is 2. The van der Waals surface area contributed by atoms with E-state index in [1.54, 1.807) is 0 Å². The lowest BCUT2D eigenvalue weighted by molar-refractivity contribution is 0.758. The van der Waals surface area contributed by atoms with Crippen molar-refractivity contribution in [3.05, 3.63) is 71.8 Å². The molecule has 0 fully saturated rings. The summed E-state index contributed by atoms with van der Waals surface area (Å²) in [5.41, 5.74) is 7.35. The number of rotatable bonds is 3. The summed E-state index contributed by atoms with van der Waals surface area (Å²) >= 11 is 0. The first kappa shape index (κ1) is 11.4. The van der Waals surface area contributed by atoms with Crippen molar-refractivity contribution in [1.29, 1.82) is 5.41 Å². The molecule has 0 aliphatic heterocycles. The topological polar surface area (TPSA) is 49.9 Å². The van der Waals surface area contributed by atoms with Crippen LogP contribution in [0, 0.1) is 5.41 Å². The summed E-state index contributed by atoms with van der Waals surface area (Å²) in [5.74, 6) is 0.162. The zero-order valence-electron chi connectivity index (χ0n) is 9.85. The van der Waals surface area contributed by atoms with E-state index in [0.717, 1.165) is 11.1 Å². The van der Waals surface area contributed by atoms with E-state index in [4.69, 9.17) is 11.1 Å². The average molecular weight is 224 g/mol. The Hall–Kier alpha value is -2.09. The molecular formula is C15H16N2. The summed E-state index contributed by atoms with van der Waals surface area (Å²) in [7, 11) is 0. The van der Waals surface area contributed by atoms with Crippen LogP contribution in [0.15, 0.2) is 60.7 Å². The zero-order chi connectivity index (χ0) is 12.3.